The van der Waals surface area contributed by atoms with Crippen LogP contribution in [0, 0.1) is 11.3 Å². The first-order chi connectivity index (χ1) is 10.3. The zero-order valence-corrected chi connectivity index (χ0v) is 12.9. The minimum absolute atomic E-state index is 0.433. The number of benzene rings is 1. The van der Waals surface area contributed by atoms with Crippen LogP contribution in [0.5, 0.6) is 0 Å². The summed E-state index contributed by atoms with van der Waals surface area (Å²) >= 11 is 1.50. The molecule has 0 aliphatic heterocycles. The summed E-state index contributed by atoms with van der Waals surface area (Å²) in [6.07, 6.45) is 2.38. The standard InChI is InChI=1S/C15H17N5S/c1-17-13-11-14(19-15(18-13)21-2)20(10-6-9-16)12-7-4-3-5-8-12/h3-5,7-8,11H,6,10H2,1-2H3,(H,17,18,19). The van der Waals surface area contributed by atoms with Crippen LogP contribution in [0.1, 0.15) is 6.42 Å². The second kappa shape index (κ2) is 7.50. The maximum atomic E-state index is 8.88. The summed E-state index contributed by atoms with van der Waals surface area (Å²) in [5, 5.41) is 12.6. The Balaban J connectivity index is 2.43. The van der Waals surface area contributed by atoms with E-state index in [1.54, 1.807) is 0 Å². The molecule has 1 heterocycles. The molecule has 2 rings (SSSR count). The molecule has 0 bridgehead atoms. The fraction of sp³-hybridized carbons (Fsp3) is 0.267. The highest BCUT2D eigenvalue weighted by atomic mass is 32.2. The van der Waals surface area contributed by atoms with Crippen molar-refractivity contribution in [2.75, 3.05) is 30.1 Å². The Morgan fingerprint density at radius 1 is 1.29 bits per heavy atom. The van der Waals surface area contributed by atoms with Crippen molar-refractivity contribution < 1.29 is 0 Å². The van der Waals surface area contributed by atoms with Gasteiger partial charge in [-0.3, -0.25) is 0 Å². The van der Waals surface area contributed by atoms with Gasteiger partial charge in [0, 0.05) is 25.3 Å². The lowest BCUT2D eigenvalue weighted by Crippen LogP contribution is -2.20. The molecule has 0 saturated heterocycles. The van der Waals surface area contributed by atoms with Gasteiger partial charge in [-0.2, -0.15) is 5.26 Å². The highest BCUT2D eigenvalue weighted by Crippen LogP contribution is 2.27. The van der Waals surface area contributed by atoms with Crippen molar-refractivity contribution >= 4 is 29.1 Å². The highest BCUT2D eigenvalue weighted by molar-refractivity contribution is 7.98. The number of hydrogen-bond donors (Lipinski definition) is 1. The van der Waals surface area contributed by atoms with E-state index in [0.29, 0.717) is 18.1 Å². The summed E-state index contributed by atoms with van der Waals surface area (Å²) in [4.78, 5) is 11.0. The van der Waals surface area contributed by atoms with Crippen LogP contribution in [0.2, 0.25) is 0 Å². The van der Waals surface area contributed by atoms with Gasteiger partial charge in [-0.25, -0.2) is 9.97 Å². The molecule has 0 saturated carbocycles. The zero-order valence-electron chi connectivity index (χ0n) is 12.1. The molecule has 1 N–H and O–H groups in total. The number of thioether (sulfide) groups is 1. The number of nitriles is 1. The van der Waals surface area contributed by atoms with E-state index >= 15 is 0 Å². The number of para-hydroxylation sites is 1. The van der Waals surface area contributed by atoms with Crippen LogP contribution in [-0.4, -0.2) is 29.8 Å². The minimum atomic E-state index is 0.433. The van der Waals surface area contributed by atoms with Crippen molar-refractivity contribution in [2.24, 2.45) is 0 Å². The molecule has 1 aromatic heterocycles. The van der Waals surface area contributed by atoms with Gasteiger partial charge in [0.1, 0.15) is 11.6 Å². The van der Waals surface area contributed by atoms with E-state index in [1.165, 1.54) is 11.8 Å². The van der Waals surface area contributed by atoms with E-state index in [1.807, 2.05) is 54.6 Å². The molecule has 6 heteroatoms. The van der Waals surface area contributed by atoms with Gasteiger partial charge < -0.3 is 10.2 Å². The molecule has 1 aromatic carbocycles. The topological polar surface area (TPSA) is 64.8 Å². The molecule has 0 spiro atoms. The molecular formula is C15H17N5S. The van der Waals surface area contributed by atoms with Gasteiger partial charge in [0.15, 0.2) is 5.16 Å². The quantitative estimate of drug-likeness (QED) is 0.652. The van der Waals surface area contributed by atoms with Crippen molar-refractivity contribution in [2.45, 2.75) is 11.6 Å². The lowest BCUT2D eigenvalue weighted by atomic mass is 10.2. The summed E-state index contributed by atoms with van der Waals surface area (Å²) in [6, 6.07) is 14.0. The predicted molar refractivity (Wildman–Crippen MR) is 87.0 cm³/mol. The number of rotatable bonds is 6. The summed E-state index contributed by atoms with van der Waals surface area (Å²) in [6.45, 7) is 0.592. The van der Waals surface area contributed by atoms with E-state index in [9.17, 15) is 0 Å². The molecular weight excluding hydrogens is 282 g/mol. The monoisotopic (exact) mass is 299 g/mol. The second-order valence-corrected chi connectivity index (χ2v) is 5.02. The number of anilines is 3. The first kappa shape index (κ1) is 15.1. The second-order valence-electron chi connectivity index (χ2n) is 4.24. The smallest absolute Gasteiger partial charge is 0.191 e. The van der Waals surface area contributed by atoms with Crippen LogP contribution in [0.4, 0.5) is 17.3 Å². The fourth-order valence-electron chi connectivity index (χ4n) is 1.92. The summed E-state index contributed by atoms with van der Waals surface area (Å²) in [5.74, 6) is 1.56. The van der Waals surface area contributed by atoms with Crippen LogP contribution < -0.4 is 10.2 Å². The molecule has 0 amide bonds. The average Bonchev–Trinajstić information content (AvgIpc) is 2.55. The first-order valence-electron chi connectivity index (χ1n) is 6.59. The Morgan fingerprint density at radius 3 is 2.67 bits per heavy atom. The number of hydrogen-bond acceptors (Lipinski definition) is 6. The first-order valence-corrected chi connectivity index (χ1v) is 7.81. The summed E-state index contributed by atoms with van der Waals surface area (Å²) < 4.78 is 0. The number of aromatic nitrogens is 2. The molecule has 0 fully saturated rings. The van der Waals surface area contributed by atoms with Crippen LogP contribution in [0.3, 0.4) is 0 Å². The largest absolute Gasteiger partial charge is 0.373 e. The van der Waals surface area contributed by atoms with Crippen LogP contribution in [-0.2, 0) is 0 Å². The minimum Gasteiger partial charge on any atom is -0.373 e. The maximum absolute atomic E-state index is 8.88. The maximum Gasteiger partial charge on any atom is 0.191 e. The Labute approximate surface area is 129 Å². The van der Waals surface area contributed by atoms with Crippen molar-refractivity contribution in [3.8, 4) is 6.07 Å². The fourth-order valence-corrected chi connectivity index (χ4v) is 2.29. The molecule has 0 aliphatic rings. The Hall–Kier alpha value is -2.26. The molecule has 108 valence electrons. The van der Waals surface area contributed by atoms with Gasteiger partial charge in [0.05, 0.1) is 12.5 Å². The lowest BCUT2D eigenvalue weighted by Gasteiger charge is -2.23. The Kier molecular flexibility index (Phi) is 5.41. The molecule has 0 aliphatic carbocycles. The van der Waals surface area contributed by atoms with Crippen molar-refractivity contribution in [3.63, 3.8) is 0 Å². The highest BCUT2D eigenvalue weighted by Gasteiger charge is 2.13. The average molecular weight is 299 g/mol. The normalized spacial score (nSPS) is 9.95. The van der Waals surface area contributed by atoms with Crippen molar-refractivity contribution in [1.82, 2.24) is 9.97 Å². The zero-order chi connectivity index (χ0) is 15.1. The third-order valence-corrected chi connectivity index (χ3v) is 3.47. The van der Waals surface area contributed by atoms with E-state index in [0.717, 1.165) is 17.3 Å². The SMILES string of the molecule is CNc1cc(N(CCC#N)c2ccccc2)nc(SC)n1. The molecule has 21 heavy (non-hydrogen) atoms. The van der Waals surface area contributed by atoms with Gasteiger partial charge >= 0.3 is 0 Å². The Morgan fingerprint density at radius 2 is 2.05 bits per heavy atom. The summed E-state index contributed by atoms with van der Waals surface area (Å²) in [5.41, 5.74) is 1.01. The molecule has 5 nitrogen and oxygen atoms in total. The van der Waals surface area contributed by atoms with Crippen LogP contribution in [0.25, 0.3) is 0 Å². The predicted octanol–water partition coefficient (Wildman–Crippen LogP) is 3.29. The molecule has 0 unspecified atom stereocenters. The van der Waals surface area contributed by atoms with E-state index < -0.39 is 0 Å². The van der Waals surface area contributed by atoms with Crippen molar-refractivity contribution in [3.05, 3.63) is 36.4 Å². The van der Waals surface area contributed by atoms with Gasteiger partial charge in [-0.15, -0.1) is 0 Å². The summed E-state index contributed by atoms with van der Waals surface area (Å²) in [7, 11) is 1.83. The van der Waals surface area contributed by atoms with Gasteiger partial charge in [-0.05, 0) is 18.4 Å². The van der Waals surface area contributed by atoms with E-state index in [4.69, 9.17) is 5.26 Å². The Bertz CT molecular complexity index is 601. The van der Waals surface area contributed by atoms with E-state index in [2.05, 4.69) is 21.4 Å². The third-order valence-electron chi connectivity index (χ3n) is 2.92. The molecule has 0 radical (unpaired) electrons. The molecule has 0 atom stereocenters. The van der Waals surface area contributed by atoms with Gasteiger partial charge in [-0.1, -0.05) is 30.0 Å². The van der Waals surface area contributed by atoms with Crippen LogP contribution >= 0.6 is 11.8 Å². The van der Waals surface area contributed by atoms with Crippen molar-refractivity contribution in [1.29, 1.82) is 5.26 Å². The number of nitrogens with one attached hydrogen (secondary N) is 1. The van der Waals surface area contributed by atoms with Crippen LogP contribution in [0.15, 0.2) is 41.6 Å². The lowest BCUT2D eigenvalue weighted by molar-refractivity contribution is 0.884. The molecule has 2 aromatic rings. The third kappa shape index (κ3) is 3.86. The van der Waals surface area contributed by atoms with E-state index in [-0.39, 0.29) is 0 Å². The number of nitrogens with zero attached hydrogens (tertiary/aromatic N) is 4. The van der Waals surface area contributed by atoms with Gasteiger partial charge in [0.2, 0.25) is 0 Å². The van der Waals surface area contributed by atoms with Gasteiger partial charge in [0.25, 0.3) is 0 Å².